The highest BCUT2D eigenvalue weighted by Crippen LogP contribution is 2.25. The summed E-state index contributed by atoms with van der Waals surface area (Å²) >= 11 is 3.40. The lowest BCUT2D eigenvalue weighted by Crippen LogP contribution is -2.47. The maximum atomic E-state index is 12.4. The van der Waals surface area contributed by atoms with Gasteiger partial charge in [-0.3, -0.25) is 4.79 Å². The first kappa shape index (κ1) is 12.8. The molecule has 1 unspecified atom stereocenters. The second kappa shape index (κ2) is 5.32. The number of benzene rings is 1. The lowest BCUT2D eigenvalue weighted by Gasteiger charge is -2.26. The molecule has 2 rings (SSSR count). The van der Waals surface area contributed by atoms with Crippen molar-refractivity contribution in [3.05, 3.63) is 34.3 Å². The molecule has 0 bridgehead atoms. The molecule has 0 spiro atoms. The first-order chi connectivity index (χ1) is 8.16. The van der Waals surface area contributed by atoms with Gasteiger partial charge in [0.25, 0.3) is 0 Å². The van der Waals surface area contributed by atoms with Crippen molar-refractivity contribution in [1.82, 2.24) is 5.32 Å². The van der Waals surface area contributed by atoms with E-state index in [0.29, 0.717) is 12.2 Å². The van der Waals surface area contributed by atoms with Gasteiger partial charge in [0.15, 0.2) is 5.78 Å². The van der Waals surface area contributed by atoms with E-state index in [0.717, 1.165) is 35.8 Å². The Bertz CT molecular complexity index is 393. The van der Waals surface area contributed by atoms with Gasteiger partial charge in [-0.05, 0) is 43.5 Å². The molecule has 3 heteroatoms. The summed E-state index contributed by atoms with van der Waals surface area (Å²) in [5.74, 6) is 0.333. The minimum atomic E-state index is -0.257. The molecule has 1 aliphatic heterocycles. The van der Waals surface area contributed by atoms with E-state index in [1.165, 1.54) is 0 Å². The van der Waals surface area contributed by atoms with Crippen LogP contribution in [0.3, 0.4) is 0 Å². The Hall–Kier alpha value is -0.670. The molecule has 1 aromatic carbocycles. The summed E-state index contributed by atoms with van der Waals surface area (Å²) < 4.78 is 1.05. The number of hydrogen-bond donors (Lipinski definition) is 1. The van der Waals surface area contributed by atoms with Crippen LogP contribution < -0.4 is 5.32 Å². The third kappa shape index (κ3) is 2.78. The van der Waals surface area contributed by atoms with Gasteiger partial charge in [0.2, 0.25) is 0 Å². The number of carbonyl (C=O) groups is 1. The van der Waals surface area contributed by atoms with Crippen molar-refractivity contribution in [3.8, 4) is 0 Å². The minimum Gasteiger partial charge on any atom is -0.305 e. The van der Waals surface area contributed by atoms with E-state index in [1.807, 2.05) is 24.3 Å². The molecule has 0 radical (unpaired) electrons. The van der Waals surface area contributed by atoms with Crippen molar-refractivity contribution in [1.29, 1.82) is 0 Å². The molecule has 0 aliphatic carbocycles. The summed E-state index contributed by atoms with van der Waals surface area (Å²) in [5.41, 5.74) is 0.840. The third-order valence-corrected chi connectivity index (χ3v) is 4.19. The standard InChI is InChI=1S/C14H18BrNO/c1-2-14(8-3-9-16-14)13(17)10-11-4-6-12(15)7-5-11/h4-7,16H,2-3,8-10H2,1H3. The van der Waals surface area contributed by atoms with E-state index in [9.17, 15) is 4.79 Å². The second-order valence-electron chi connectivity index (χ2n) is 4.69. The predicted octanol–water partition coefficient (Wildman–Crippen LogP) is 3.09. The van der Waals surface area contributed by atoms with E-state index in [2.05, 4.69) is 28.2 Å². The van der Waals surface area contributed by atoms with E-state index < -0.39 is 0 Å². The summed E-state index contributed by atoms with van der Waals surface area (Å²) in [6.07, 6.45) is 3.52. The van der Waals surface area contributed by atoms with Crippen LogP contribution in [-0.4, -0.2) is 17.9 Å². The average Bonchev–Trinajstić information content (AvgIpc) is 2.82. The van der Waals surface area contributed by atoms with Gasteiger partial charge in [-0.1, -0.05) is 35.0 Å². The van der Waals surface area contributed by atoms with Crippen molar-refractivity contribution in [2.75, 3.05) is 6.54 Å². The number of halogens is 1. The molecule has 0 amide bonds. The van der Waals surface area contributed by atoms with Crippen molar-refractivity contribution in [2.24, 2.45) is 0 Å². The Morgan fingerprint density at radius 1 is 1.41 bits per heavy atom. The zero-order valence-electron chi connectivity index (χ0n) is 10.1. The first-order valence-corrected chi connectivity index (χ1v) is 6.98. The lowest BCUT2D eigenvalue weighted by atomic mass is 9.86. The topological polar surface area (TPSA) is 29.1 Å². The van der Waals surface area contributed by atoms with Gasteiger partial charge in [0, 0.05) is 10.9 Å². The monoisotopic (exact) mass is 295 g/mol. The van der Waals surface area contributed by atoms with Crippen LogP contribution in [0.1, 0.15) is 31.7 Å². The maximum absolute atomic E-state index is 12.4. The Kier molecular flexibility index (Phi) is 4.00. The van der Waals surface area contributed by atoms with Crippen molar-refractivity contribution in [3.63, 3.8) is 0 Å². The molecule has 1 aliphatic rings. The fourth-order valence-corrected chi connectivity index (χ4v) is 2.76. The molecule has 1 atom stereocenters. The Labute approximate surface area is 111 Å². The van der Waals surface area contributed by atoms with Crippen molar-refractivity contribution >= 4 is 21.7 Å². The van der Waals surface area contributed by atoms with Crippen LogP contribution in [0.5, 0.6) is 0 Å². The molecule has 17 heavy (non-hydrogen) atoms. The number of ketones is 1. The Morgan fingerprint density at radius 3 is 2.65 bits per heavy atom. The average molecular weight is 296 g/mol. The van der Waals surface area contributed by atoms with Crippen LogP contribution in [0.15, 0.2) is 28.7 Å². The fourth-order valence-electron chi connectivity index (χ4n) is 2.50. The van der Waals surface area contributed by atoms with Gasteiger partial charge in [0.1, 0.15) is 0 Å². The summed E-state index contributed by atoms with van der Waals surface area (Å²) in [7, 11) is 0. The predicted molar refractivity (Wildman–Crippen MR) is 73.1 cm³/mol. The number of hydrogen-bond acceptors (Lipinski definition) is 2. The van der Waals surface area contributed by atoms with Crippen molar-refractivity contribution in [2.45, 2.75) is 38.1 Å². The number of carbonyl (C=O) groups excluding carboxylic acids is 1. The van der Waals surface area contributed by atoms with Gasteiger partial charge < -0.3 is 5.32 Å². The molecule has 0 saturated carbocycles. The third-order valence-electron chi connectivity index (χ3n) is 3.66. The van der Waals surface area contributed by atoms with Crippen LogP contribution in [0, 0.1) is 0 Å². The highest BCUT2D eigenvalue weighted by molar-refractivity contribution is 9.10. The van der Waals surface area contributed by atoms with Crippen molar-refractivity contribution < 1.29 is 4.79 Å². The Morgan fingerprint density at radius 2 is 2.12 bits per heavy atom. The minimum absolute atomic E-state index is 0.257. The molecule has 1 aromatic rings. The van der Waals surface area contributed by atoms with E-state index in [4.69, 9.17) is 0 Å². The van der Waals surface area contributed by atoms with Gasteiger partial charge >= 0.3 is 0 Å². The summed E-state index contributed by atoms with van der Waals surface area (Å²) in [5, 5.41) is 3.39. The van der Waals surface area contributed by atoms with Gasteiger partial charge in [-0.15, -0.1) is 0 Å². The molecular weight excluding hydrogens is 278 g/mol. The molecule has 1 saturated heterocycles. The summed E-state index contributed by atoms with van der Waals surface area (Å²) in [4.78, 5) is 12.4. The smallest absolute Gasteiger partial charge is 0.157 e. The molecule has 0 aromatic heterocycles. The van der Waals surface area contributed by atoms with Gasteiger partial charge in [-0.2, -0.15) is 0 Å². The summed E-state index contributed by atoms with van der Waals surface area (Å²) in [6, 6.07) is 8.01. The first-order valence-electron chi connectivity index (χ1n) is 6.19. The lowest BCUT2D eigenvalue weighted by molar-refractivity contribution is -0.124. The van der Waals surface area contributed by atoms with Crippen LogP contribution in [0.25, 0.3) is 0 Å². The molecule has 2 nitrogen and oxygen atoms in total. The molecule has 92 valence electrons. The molecule has 1 fully saturated rings. The SMILES string of the molecule is CCC1(C(=O)Cc2ccc(Br)cc2)CCCN1. The molecule has 1 heterocycles. The van der Waals surface area contributed by atoms with Gasteiger partial charge in [-0.25, -0.2) is 0 Å². The van der Waals surface area contributed by atoms with E-state index in [-0.39, 0.29) is 5.54 Å². The fraction of sp³-hybridized carbons (Fsp3) is 0.500. The van der Waals surface area contributed by atoms with E-state index in [1.54, 1.807) is 0 Å². The van der Waals surface area contributed by atoms with Gasteiger partial charge in [0.05, 0.1) is 5.54 Å². The van der Waals surface area contributed by atoms with Crippen LogP contribution >= 0.6 is 15.9 Å². The highest BCUT2D eigenvalue weighted by atomic mass is 79.9. The molecular formula is C14H18BrNO. The normalized spacial score (nSPS) is 23.9. The number of rotatable bonds is 4. The zero-order chi connectivity index (χ0) is 12.3. The quantitative estimate of drug-likeness (QED) is 0.925. The van der Waals surface area contributed by atoms with Crippen LogP contribution in [0.2, 0.25) is 0 Å². The van der Waals surface area contributed by atoms with E-state index >= 15 is 0 Å². The molecule has 1 N–H and O–H groups in total. The summed E-state index contributed by atoms with van der Waals surface area (Å²) in [6.45, 7) is 3.07. The largest absolute Gasteiger partial charge is 0.305 e. The Balaban J connectivity index is 2.08. The zero-order valence-corrected chi connectivity index (χ0v) is 11.7. The van der Waals surface area contributed by atoms with Crippen LogP contribution in [0.4, 0.5) is 0 Å². The number of Topliss-reactive ketones (excluding diaryl/α,β-unsaturated/α-hetero) is 1. The highest BCUT2D eigenvalue weighted by Gasteiger charge is 2.38. The maximum Gasteiger partial charge on any atom is 0.157 e. The van der Waals surface area contributed by atoms with Crippen LogP contribution in [-0.2, 0) is 11.2 Å². The number of nitrogens with one attached hydrogen (secondary N) is 1. The second-order valence-corrected chi connectivity index (χ2v) is 5.61.